The molecule has 0 saturated carbocycles. The van der Waals surface area contributed by atoms with Crippen LogP contribution in [0.25, 0.3) is 11.0 Å². The third kappa shape index (κ3) is 2.91. The van der Waals surface area contributed by atoms with Crippen LogP contribution in [0.15, 0.2) is 18.6 Å². The van der Waals surface area contributed by atoms with Gasteiger partial charge in [0.25, 0.3) is 0 Å². The Morgan fingerprint density at radius 2 is 1.96 bits per heavy atom. The van der Waals surface area contributed by atoms with Gasteiger partial charge in [-0.15, -0.1) is 0 Å². The number of aryl methyl sites for hydroxylation is 2. The van der Waals surface area contributed by atoms with Crippen molar-refractivity contribution >= 4 is 16.9 Å². The molecule has 0 radical (unpaired) electrons. The Morgan fingerprint density at radius 1 is 1.17 bits per heavy atom. The van der Waals surface area contributed by atoms with Crippen LogP contribution in [0, 0.1) is 0 Å². The topological polar surface area (TPSA) is 64.7 Å². The Morgan fingerprint density at radius 3 is 2.61 bits per heavy atom. The molecule has 3 aromatic heterocycles. The average Bonchev–Trinajstić information content (AvgIpc) is 3.14. The Kier molecular flexibility index (Phi) is 4.02. The molecule has 0 aliphatic carbocycles. The second-order valence-corrected chi connectivity index (χ2v) is 6.10. The summed E-state index contributed by atoms with van der Waals surface area (Å²) in [6.45, 7) is 7.06. The molecule has 3 heterocycles. The lowest BCUT2D eigenvalue weighted by Crippen LogP contribution is -2.19. The van der Waals surface area contributed by atoms with Crippen LogP contribution < -0.4 is 4.90 Å². The van der Waals surface area contributed by atoms with E-state index in [1.165, 1.54) is 0 Å². The van der Waals surface area contributed by atoms with Crippen molar-refractivity contribution in [1.29, 1.82) is 0 Å². The van der Waals surface area contributed by atoms with Crippen molar-refractivity contribution in [1.82, 2.24) is 29.5 Å². The quantitative estimate of drug-likeness (QED) is 0.723. The first-order chi connectivity index (χ1) is 11.0. The monoisotopic (exact) mass is 313 g/mol. The smallest absolute Gasteiger partial charge is 0.163 e. The lowest BCUT2D eigenvalue weighted by atomic mass is 10.3. The molecule has 23 heavy (non-hydrogen) atoms. The Bertz CT molecular complexity index is 815. The highest BCUT2D eigenvalue weighted by Gasteiger charge is 2.15. The van der Waals surface area contributed by atoms with Crippen molar-refractivity contribution in [3.63, 3.8) is 0 Å². The van der Waals surface area contributed by atoms with Crippen LogP contribution in [0.2, 0.25) is 0 Å². The standard InChI is InChI=1S/C16H23N7/c1-6-14-19-15(13-8-17-22(5)16(13)20-14)21(4)9-12-7-18-23(10-12)11(2)3/h7-8,10-11H,6,9H2,1-5H3. The summed E-state index contributed by atoms with van der Waals surface area (Å²) in [6.07, 6.45) is 6.63. The third-order valence-electron chi connectivity index (χ3n) is 3.90. The minimum Gasteiger partial charge on any atom is -0.355 e. The molecule has 0 saturated heterocycles. The molecule has 0 aromatic carbocycles. The van der Waals surface area contributed by atoms with Gasteiger partial charge in [-0.25, -0.2) is 9.97 Å². The summed E-state index contributed by atoms with van der Waals surface area (Å²) in [5.74, 6) is 1.75. The number of nitrogens with zero attached hydrogens (tertiary/aromatic N) is 7. The minimum atomic E-state index is 0.366. The molecule has 0 atom stereocenters. The van der Waals surface area contributed by atoms with Gasteiger partial charge in [0.05, 0.1) is 17.8 Å². The summed E-state index contributed by atoms with van der Waals surface area (Å²) >= 11 is 0. The van der Waals surface area contributed by atoms with Crippen LogP contribution in [0.5, 0.6) is 0 Å². The van der Waals surface area contributed by atoms with E-state index in [1.807, 2.05) is 31.2 Å². The van der Waals surface area contributed by atoms with Gasteiger partial charge in [-0.05, 0) is 13.8 Å². The molecule has 0 bridgehead atoms. The second-order valence-electron chi connectivity index (χ2n) is 6.10. The predicted octanol–water partition coefficient (Wildman–Crippen LogP) is 2.34. The van der Waals surface area contributed by atoms with Gasteiger partial charge in [0.2, 0.25) is 0 Å². The van der Waals surface area contributed by atoms with Gasteiger partial charge in [-0.3, -0.25) is 9.36 Å². The number of fused-ring (bicyclic) bond motifs is 1. The van der Waals surface area contributed by atoms with Crippen LogP contribution in [-0.4, -0.2) is 36.6 Å². The first kappa shape index (κ1) is 15.5. The molecule has 0 N–H and O–H groups in total. The Balaban J connectivity index is 1.94. The van der Waals surface area contributed by atoms with Gasteiger partial charge < -0.3 is 4.90 Å². The Hall–Kier alpha value is -2.44. The van der Waals surface area contributed by atoms with Gasteiger partial charge in [-0.2, -0.15) is 10.2 Å². The molecule has 0 aliphatic heterocycles. The van der Waals surface area contributed by atoms with Crippen molar-refractivity contribution in [2.45, 2.75) is 39.8 Å². The summed E-state index contributed by atoms with van der Waals surface area (Å²) in [6, 6.07) is 0.366. The summed E-state index contributed by atoms with van der Waals surface area (Å²) in [5, 5.41) is 9.70. The summed E-state index contributed by atoms with van der Waals surface area (Å²) < 4.78 is 3.77. The van der Waals surface area contributed by atoms with Gasteiger partial charge in [0.15, 0.2) is 5.65 Å². The van der Waals surface area contributed by atoms with Crippen LogP contribution in [0.1, 0.15) is 38.2 Å². The van der Waals surface area contributed by atoms with Crippen molar-refractivity contribution < 1.29 is 0 Å². The minimum absolute atomic E-state index is 0.366. The summed E-state index contributed by atoms with van der Waals surface area (Å²) in [7, 11) is 3.95. The fourth-order valence-corrected chi connectivity index (χ4v) is 2.59. The van der Waals surface area contributed by atoms with Gasteiger partial charge in [0.1, 0.15) is 11.6 Å². The third-order valence-corrected chi connectivity index (χ3v) is 3.90. The zero-order chi connectivity index (χ0) is 16.6. The first-order valence-corrected chi connectivity index (χ1v) is 7.92. The van der Waals surface area contributed by atoms with E-state index in [-0.39, 0.29) is 0 Å². The predicted molar refractivity (Wildman–Crippen MR) is 90.4 cm³/mol. The van der Waals surface area contributed by atoms with E-state index in [2.05, 4.69) is 47.0 Å². The molecule has 7 heteroatoms. The van der Waals surface area contributed by atoms with E-state index in [0.29, 0.717) is 6.04 Å². The van der Waals surface area contributed by atoms with Crippen molar-refractivity contribution in [2.24, 2.45) is 7.05 Å². The first-order valence-electron chi connectivity index (χ1n) is 7.92. The van der Waals surface area contributed by atoms with Crippen LogP contribution >= 0.6 is 0 Å². The van der Waals surface area contributed by atoms with Crippen molar-refractivity contribution in [2.75, 3.05) is 11.9 Å². The Labute approximate surface area is 136 Å². The van der Waals surface area contributed by atoms with E-state index >= 15 is 0 Å². The maximum absolute atomic E-state index is 4.70. The van der Waals surface area contributed by atoms with Crippen molar-refractivity contribution in [3.05, 3.63) is 30.0 Å². The highest BCUT2D eigenvalue weighted by molar-refractivity contribution is 5.86. The van der Waals surface area contributed by atoms with Crippen LogP contribution in [-0.2, 0) is 20.0 Å². The number of aromatic nitrogens is 6. The van der Waals surface area contributed by atoms with Gasteiger partial charge in [0, 0.05) is 44.9 Å². The molecular formula is C16H23N7. The molecule has 7 nitrogen and oxygen atoms in total. The van der Waals surface area contributed by atoms with Crippen molar-refractivity contribution in [3.8, 4) is 0 Å². The summed E-state index contributed by atoms with van der Waals surface area (Å²) in [4.78, 5) is 11.4. The maximum atomic E-state index is 4.70. The molecule has 122 valence electrons. The fraction of sp³-hybridized carbons (Fsp3) is 0.500. The van der Waals surface area contributed by atoms with E-state index < -0.39 is 0 Å². The maximum Gasteiger partial charge on any atom is 0.163 e. The van der Waals surface area contributed by atoms with E-state index in [4.69, 9.17) is 4.98 Å². The largest absolute Gasteiger partial charge is 0.355 e. The summed E-state index contributed by atoms with van der Waals surface area (Å²) in [5.41, 5.74) is 2.03. The van der Waals surface area contributed by atoms with Gasteiger partial charge in [-0.1, -0.05) is 6.92 Å². The van der Waals surface area contributed by atoms with E-state index in [0.717, 1.165) is 41.2 Å². The molecule has 0 amide bonds. The molecule has 0 fully saturated rings. The SMILES string of the molecule is CCc1nc(N(C)Cc2cnn(C(C)C)c2)c2cnn(C)c2n1. The number of hydrogen-bond acceptors (Lipinski definition) is 5. The molecule has 0 unspecified atom stereocenters. The average molecular weight is 313 g/mol. The lowest BCUT2D eigenvalue weighted by Gasteiger charge is -2.18. The highest BCUT2D eigenvalue weighted by atomic mass is 15.3. The van der Waals surface area contributed by atoms with Crippen LogP contribution in [0.4, 0.5) is 5.82 Å². The van der Waals surface area contributed by atoms with Crippen LogP contribution in [0.3, 0.4) is 0 Å². The highest BCUT2D eigenvalue weighted by Crippen LogP contribution is 2.24. The zero-order valence-corrected chi connectivity index (χ0v) is 14.4. The lowest BCUT2D eigenvalue weighted by molar-refractivity contribution is 0.532. The molecule has 3 aromatic rings. The zero-order valence-electron chi connectivity index (χ0n) is 14.4. The fourth-order valence-electron chi connectivity index (χ4n) is 2.59. The number of rotatable bonds is 5. The number of hydrogen-bond donors (Lipinski definition) is 0. The van der Waals surface area contributed by atoms with E-state index in [9.17, 15) is 0 Å². The number of anilines is 1. The molecule has 3 rings (SSSR count). The molecule has 0 aliphatic rings. The molecular weight excluding hydrogens is 290 g/mol. The van der Waals surface area contributed by atoms with E-state index in [1.54, 1.807) is 4.68 Å². The molecule has 0 spiro atoms. The van der Waals surface area contributed by atoms with Gasteiger partial charge >= 0.3 is 0 Å². The second kappa shape index (κ2) is 5.98. The normalized spacial score (nSPS) is 11.6.